The lowest BCUT2D eigenvalue weighted by Crippen LogP contribution is -2.28. The van der Waals surface area contributed by atoms with Crippen molar-refractivity contribution in [2.45, 2.75) is 20.0 Å². The van der Waals surface area contributed by atoms with Gasteiger partial charge in [-0.15, -0.1) is 0 Å². The summed E-state index contributed by atoms with van der Waals surface area (Å²) in [6.45, 7) is 1.84. The Hall–Kier alpha value is -2.21. The predicted molar refractivity (Wildman–Crippen MR) is 102 cm³/mol. The summed E-state index contributed by atoms with van der Waals surface area (Å²) >= 11 is 12.4. The average Bonchev–Trinajstić information content (AvgIpc) is 2.62. The maximum Gasteiger partial charge on any atom is 0.271 e. The molecule has 1 heterocycles. The number of rotatable bonds is 4. The largest absolute Gasteiger partial charge is 0.326 e. The first-order chi connectivity index (χ1) is 12.4. The van der Waals surface area contributed by atoms with Gasteiger partial charge in [-0.25, -0.2) is 9.07 Å². The minimum atomic E-state index is -0.314. The third kappa shape index (κ3) is 3.65. The van der Waals surface area contributed by atoms with Crippen molar-refractivity contribution in [3.05, 3.63) is 85.4 Å². The smallest absolute Gasteiger partial charge is 0.271 e. The molecule has 0 saturated carbocycles. The lowest BCUT2D eigenvalue weighted by Gasteiger charge is -2.12. The molecule has 134 valence electrons. The van der Waals surface area contributed by atoms with E-state index in [1.54, 1.807) is 43.3 Å². The summed E-state index contributed by atoms with van der Waals surface area (Å²) in [5, 5.41) is 5.30. The molecule has 26 heavy (non-hydrogen) atoms. The third-order valence-corrected chi connectivity index (χ3v) is 4.80. The van der Waals surface area contributed by atoms with Gasteiger partial charge in [0.25, 0.3) is 5.56 Å². The van der Waals surface area contributed by atoms with Crippen molar-refractivity contribution in [3.63, 3.8) is 0 Å². The standard InChI is InChI=1S/C19H16Cl2FN3O/c1-11-7-12(5-6-17(11)22)18-8-13(9-23)19(26)25(24-18)10-14-15(20)3-2-4-16(14)21/h2-8H,9-10,23H2,1H3. The Morgan fingerprint density at radius 1 is 1.15 bits per heavy atom. The second-order valence-electron chi connectivity index (χ2n) is 5.89. The van der Waals surface area contributed by atoms with E-state index in [4.69, 9.17) is 28.9 Å². The molecular formula is C19H16Cl2FN3O. The molecular weight excluding hydrogens is 376 g/mol. The lowest BCUT2D eigenvalue weighted by atomic mass is 10.1. The monoisotopic (exact) mass is 391 g/mol. The van der Waals surface area contributed by atoms with Crippen LogP contribution in [0.25, 0.3) is 11.3 Å². The first kappa shape index (κ1) is 18.6. The molecule has 0 bridgehead atoms. The molecule has 0 fully saturated rings. The normalized spacial score (nSPS) is 11.0. The molecule has 0 unspecified atom stereocenters. The summed E-state index contributed by atoms with van der Waals surface area (Å²) in [4.78, 5) is 12.6. The van der Waals surface area contributed by atoms with Gasteiger partial charge >= 0.3 is 0 Å². The van der Waals surface area contributed by atoms with Gasteiger partial charge in [-0.3, -0.25) is 4.79 Å². The number of hydrogen-bond donors (Lipinski definition) is 1. The van der Waals surface area contributed by atoms with Crippen LogP contribution in [0.4, 0.5) is 4.39 Å². The highest BCUT2D eigenvalue weighted by molar-refractivity contribution is 6.35. The minimum Gasteiger partial charge on any atom is -0.326 e. The molecule has 0 spiro atoms. The molecule has 3 rings (SSSR count). The molecule has 0 saturated heterocycles. The van der Waals surface area contributed by atoms with Crippen LogP contribution < -0.4 is 11.3 Å². The molecule has 0 aliphatic carbocycles. The van der Waals surface area contributed by atoms with Crippen molar-refractivity contribution in [1.29, 1.82) is 0 Å². The summed E-state index contributed by atoms with van der Waals surface area (Å²) in [5.74, 6) is -0.302. The fourth-order valence-electron chi connectivity index (χ4n) is 2.63. The van der Waals surface area contributed by atoms with E-state index in [2.05, 4.69) is 5.10 Å². The van der Waals surface area contributed by atoms with Crippen molar-refractivity contribution >= 4 is 23.2 Å². The Balaban J connectivity index is 2.13. The van der Waals surface area contributed by atoms with Crippen LogP contribution in [0.15, 0.2) is 47.3 Å². The van der Waals surface area contributed by atoms with Crippen molar-refractivity contribution in [2.75, 3.05) is 0 Å². The van der Waals surface area contributed by atoms with Gasteiger partial charge in [0.05, 0.1) is 12.2 Å². The zero-order valence-electron chi connectivity index (χ0n) is 14.0. The highest BCUT2D eigenvalue weighted by Crippen LogP contribution is 2.25. The number of aromatic nitrogens is 2. The summed E-state index contributed by atoms with van der Waals surface area (Å²) in [7, 11) is 0. The second-order valence-corrected chi connectivity index (χ2v) is 6.70. The van der Waals surface area contributed by atoms with Crippen molar-refractivity contribution in [2.24, 2.45) is 5.73 Å². The van der Waals surface area contributed by atoms with E-state index in [0.29, 0.717) is 38.0 Å². The Morgan fingerprint density at radius 3 is 2.46 bits per heavy atom. The molecule has 0 radical (unpaired) electrons. The van der Waals surface area contributed by atoms with Crippen LogP contribution in [0, 0.1) is 12.7 Å². The maximum absolute atomic E-state index is 13.6. The van der Waals surface area contributed by atoms with Gasteiger partial charge in [0.1, 0.15) is 5.82 Å². The number of halogens is 3. The fourth-order valence-corrected chi connectivity index (χ4v) is 3.15. The van der Waals surface area contributed by atoms with E-state index in [0.717, 1.165) is 0 Å². The first-order valence-electron chi connectivity index (χ1n) is 7.91. The molecule has 2 aromatic carbocycles. The SMILES string of the molecule is Cc1cc(-c2cc(CN)c(=O)n(Cc3c(Cl)cccc3Cl)n2)ccc1F. The van der Waals surface area contributed by atoms with Crippen molar-refractivity contribution in [3.8, 4) is 11.3 Å². The molecule has 0 atom stereocenters. The van der Waals surface area contributed by atoms with Crippen LogP contribution in [0.1, 0.15) is 16.7 Å². The van der Waals surface area contributed by atoms with E-state index in [-0.39, 0.29) is 24.5 Å². The summed E-state index contributed by atoms with van der Waals surface area (Å²) in [5.41, 5.74) is 8.12. The number of hydrogen-bond acceptors (Lipinski definition) is 3. The van der Waals surface area contributed by atoms with E-state index < -0.39 is 0 Å². The number of nitrogens with two attached hydrogens (primary N) is 1. The predicted octanol–water partition coefficient (Wildman–Crippen LogP) is 4.17. The van der Waals surface area contributed by atoms with Crippen LogP contribution in [0.2, 0.25) is 10.0 Å². The van der Waals surface area contributed by atoms with Crippen LogP contribution in [0.5, 0.6) is 0 Å². The van der Waals surface area contributed by atoms with Crippen molar-refractivity contribution in [1.82, 2.24) is 9.78 Å². The topological polar surface area (TPSA) is 60.9 Å². The molecule has 7 heteroatoms. The molecule has 0 aliphatic rings. The summed E-state index contributed by atoms with van der Waals surface area (Å²) in [6, 6.07) is 11.4. The zero-order valence-corrected chi connectivity index (χ0v) is 15.5. The molecule has 2 N–H and O–H groups in total. The van der Waals surface area contributed by atoms with Crippen molar-refractivity contribution < 1.29 is 4.39 Å². The average molecular weight is 392 g/mol. The highest BCUT2D eigenvalue weighted by atomic mass is 35.5. The molecule has 3 aromatic rings. The van der Waals surface area contributed by atoms with Crippen LogP contribution in [-0.4, -0.2) is 9.78 Å². The van der Waals surface area contributed by atoms with Gasteiger partial charge in [0, 0.05) is 33.3 Å². The van der Waals surface area contributed by atoms with Gasteiger partial charge in [0.2, 0.25) is 0 Å². The maximum atomic E-state index is 13.6. The molecule has 0 aliphatic heterocycles. The van der Waals surface area contributed by atoms with Gasteiger partial charge in [-0.1, -0.05) is 29.3 Å². The number of benzene rings is 2. The number of nitrogens with zero attached hydrogens (tertiary/aromatic N) is 2. The first-order valence-corrected chi connectivity index (χ1v) is 8.67. The van der Waals surface area contributed by atoms with Crippen LogP contribution in [0.3, 0.4) is 0 Å². The lowest BCUT2D eigenvalue weighted by molar-refractivity contribution is 0.618. The third-order valence-electron chi connectivity index (χ3n) is 4.09. The van der Waals surface area contributed by atoms with Gasteiger partial charge in [-0.05, 0) is 48.9 Å². The van der Waals surface area contributed by atoms with E-state index in [9.17, 15) is 9.18 Å². The summed E-state index contributed by atoms with van der Waals surface area (Å²) < 4.78 is 14.8. The van der Waals surface area contributed by atoms with Crippen LogP contribution in [-0.2, 0) is 13.1 Å². The number of aryl methyl sites for hydroxylation is 1. The van der Waals surface area contributed by atoms with E-state index in [1.807, 2.05) is 0 Å². The van der Waals surface area contributed by atoms with Gasteiger partial charge < -0.3 is 5.73 Å². The summed E-state index contributed by atoms with van der Waals surface area (Å²) in [6.07, 6.45) is 0. The Labute approximate surface area is 160 Å². The van der Waals surface area contributed by atoms with Gasteiger partial charge in [-0.2, -0.15) is 5.10 Å². The molecule has 1 aromatic heterocycles. The van der Waals surface area contributed by atoms with Crippen LogP contribution >= 0.6 is 23.2 Å². The fraction of sp³-hybridized carbons (Fsp3) is 0.158. The Morgan fingerprint density at radius 2 is 1.85 bits per heavy atom. The van der Waals surface area contributed by atoms with E-state index >= 15 is 0 Å². The molecule has 4 nitrogen and oxygen atoms in total. The second kappa shape index (κ2) is 7.58. The highest BCUT2D eigenvalue weighted by Gasteiger charge is 2.13. The van der Waals surface area contributed by atoms with E-state index in [1.165, 1.54) is 10.7 Å². The Bertz CT molecular complexity index is 1010. The molecule has 0 amide bonds. The quantitative estimate of drug-likeness (QED) is 0.725. The Kier molecular flexibility index (Phi) is 5.41. The minimum absolute atomic E-state index is 0.0603. The zero-order chi connectivity index (χ0) is 18.8. The van der Waals surface area contributed by atoms with Gasteiger partial charge in [0.15, 0.2) is 0 Å².